The van der Waals surface area contributed by atoms with Gasteiger partial charge in [-0.1, -0.05) is 0 Å². The van der Waals surface area contributed by atoms with Crippen molar-refractivity contribution in [1.82, 2.24) is 20.1 Å². The molecule has 92 valence electrons. The molecule has 1 aromatic rings. The molecule has 0 amide bonds. The maximum absolute atomic E-state index is 4.90. The second kappa shape index (κ2) is 4.02. The fraction of sp³-hybridized carbons (Fsp3) is 0.750. The smallest absolute Gasteiger partial charge is 0.112 e. The standard InChI is InChI=1S/C12H18N4S/c1-2-13-7-11-9(1)14-12(17-11)10-8-15-3-5-16(10)6-4-15/h10,13H,1-8H2. The molecule has 1 aromatic heterocycles. The van der Waals surface area contributed by atoms with Gasteiger partial charge in [-0.05, 0) is 0 Å². The van der Waals surface area contributed by atoms with Gasteiger partial charge in [0.05, 0.1) is 11.7 Å². The van der Waals surface area contributed by atoms with Crippen LogP contribution in [0, 0.1) is 0 Å². The molecule has 3 saturated heterocycles. The highest BCUT2D eigenvalue weighted by Gasteiger charge is 2.35. The van der Waals surface area contributed by atoms with E-state index < -0.39 is 0 Å². The van der Waals surface area contributed by atoms with E-state index in [9.17, 15) is 0 Å². The molecule has 2 bridgehead atoms. The minimum absolute atomic E-state index is 0.577. The zero-order chi connectivity index (χ0) is 11.2. The van der Waals surface area contributed by atoms with E-state index >= 15 is 0 Å². The summed E-state index contributed by atoms with van der Waals surface area (Å²) in [6.07, 6.45) is 1.11. The fourth-order valence-electron chi connectivity index (χ4n) is 3.14. The number of nitrogens with zero attached hydrogens (tertiary/aromatic N) is 3. The number of rotatable bonds is 1. The van der Waals surface area contributed by atoms with Gasteiger partial charge < -0.3 is 5.32 Å². The minimum Gasteiger partial charge on any atom is -0.311 e. The molecular formula is C12H18N4S. The van der Waals surface area contributed by atoms with Crippen LogP contribution in [-0.4, -0.2) is 54.1 Å². The number of nitrogens with one attached hydrogen (secondary N) is 1. The van der Waals surface area contributed by atoms with Crippen LogP contribution in [0.1, 0.15) is 21.6 Å². The lowest BCUT2D eigenvalue weighted by Crippen LogP contribution is -2.56. The molecule has 4 nitrogen and oxygen atoms in total. The van der Waals surface area contributed by atoms with Crippen molar-refractivity contribution in [1.29, 1.82) is 0 Å². The molecule has 0 aromatic carbocycles. The van der Waals surface area contributed by atoms with E-state index in [1.54, 1.807) is 0 Å². The number of hydrogen-bond donors (Lipinski definition) is 1. The van der Waals surface area contributed by atoms with Gasteiger partial charge in [-0.25, -0.2) is 4.98 Å². The summed E-state index contributed by atoms with van der Waals surface area (Å²) >= 11 is 1.94. The summed E-state index contributed by atoms with van der Waals surface area (Å²) in [4.78, 5) is 11.6. The number of piperazine rings is 3. The normalized spacial score (nSPS) is 35.9. The molecule has 5 heteroatoms. The van der Waals surface area contributed by atoms with E-state index in [1.807, 2.05) is 11.3 Å². The molecule has 0 spiro atoms. The number of thiazole rings is 1. The Morgan fingerprint density at radius 3 is 2.82 bits per heavy atom. The van der Waals surface area contributed by atoms with Gasteiger partial charge in [0, 0.05) is 57.1 Å². The zero-order valence-corrected chi connectivity index (χ0v) is 10.8. The predicted molar refractivity (Wildman–Crippen MR) is 68.3 cm³/mol. The van der Waals surface area contributed by atoms with Crippen molar-refractivity contribution < 1.29 is 0 Å². The Morgan fingerprint density at radius 2 is 2.12 bits per heavy atom. The molecule has 5 heterocycles. The van der Waals surface area contributed by atoms with Crippen molar-refractivity contribution in [2.24, 2.45) is 0 Å². The van der Waals surface area contributed by atoms with E-state index in [-0.39, 0.29) is 0 Å². The molecule has 1 N–H and O–H groups in total. The van der Waals surface area contributed by atoms with Crippen molar-refractivity contribution in [3.63, 3.8) is 0 Å². The van der Waals surface area contributed by atoms with Crippen molar-refractivity contribution >= 4 is 11.3 Å². The maximum atomic E-state index is 4.90. The summed E-state index contributed by atoms with van der Waals surface area (Å²) < 4.78 is 0. The lowest BCUT2D eigenvalue weighted by Gasteiger charge is -2.46. The highest BCUT2D eigenvalue weighted by Crippen LogP contribution is 2.33. The van der Waals surface area contributed by atoms with Crippen LogP contribution in [0.5, 0.6) is 0 Å². The van der Waals surface area contributed by atoms with E-state index in [0.717, 1.165) is 19.5 Å². The lowest BCUT2D eigenvalue weighted by atomic mass is 10.1. The Morgan fingerprint density at radius 1 is 1.24 bits per heavy atom. The average molecular weight is 250 g/mol. The summed E-state index contributed by atoms with van der Waals surface area (Å²) in [5.74, 6) is 0. The van der Waals surface area contributed by atoms with Gasteiger partial charge in [0.1, 0.15) is 5.01 Å². The van der Waals surface area contributed by atoms with Crippen LogP contribution in [0.25, 0.3) is 0 Å². The van der Waals surface area contributed by atoms with Crippen molar-refractivity contribution in [2.75, 3.05) is 39.3 Å². The highest BCUT2D eigenvalue weighted by atomic mass is 32.1. The Kier molecular flexibility index (Phi) is 2.47. The largest absolute Gasteiger partial charge is 0.311 e. The van der Waals surface area contributed by atoms with Crippen LogP contribution in [0.4, 0.5) is 0 Å². The molecule has 1 unspecified atom stereocenters. The van der Waals surface area contributed by atoms with Crippen LogP contribution in [0.15, 0.2) is 0 Å². The molecule has 0 saturated carbocycles. The van der Waals surface area contributed by atoms with Gasteiger partial charge in [-0.2, -0.15) is 0 Å². The average Bonchev–Trinajstić information content (AvgIpc) is 2.83. The van der Waals surface area contributed by atoms with Crippen molar-refractivity contribution in [3.8, 4) is 0 Å². The second-order valence-electron chi connectivity index (χ2n) is 5.20. The molecule has 0 radical (unpaired) electrons. The van der Waals surface area contributed by atoms with E-state index in [0.29, 0.717) is 6.04 Å². The molecule has 17 heavy (non-hydrogen) atoms. The minimum atomic E-state index is 0.577. The number of fused-ring (bicyclic) bond motifs is 4. The summed E-state index contributed by atoms with van der Waals surface area (Å²) in [5.41, 5.74) is 1.36. The number of hydrogen-bond acceptors (Lipinski definition) is 5. The van der Waals surface area contributed by atoms with Crippen molar-refractivity contribution in [3.05, 3.63) is 15.6 Å². The summed E-state index contributed by atoms with van der Waals surface area (Å²) in [6, 6.07) is 0.577. The van der Waals surface area contributed by atoms with Crippen LogP contribution in [0.2, 0.25) is 0 Å². The summed E-state index contributed by atoms with van der Waals surface area (Å²) in [6.45, 7) is 8.28. The van der Waals surface area contributed by atoms with Crippen LogP contribution in [0.3, 0.4) is 0 Å². The molecule has 0 aliphatic carbocycles. The maximum Gasteiger partial charge on any atom is 0.112 e. The first-order valence-corrected chi connectivity index (χ1v) is 7.37. The third kappa shape index (κ3) is 1.73. The molecule has 1 atom stereocenters. The van der Waals surface area contributed by atoms with E-state index in [4.69, 9.17) is 4.98 Å². The zero-order valence-electron chi connectivity index (χ0n) is 9.98. The van der Waals surface area contributed by atoms with E-state index in [1.165, 1.54) is 48.3 Å². The first-order chi connectivity index (χ1) is 8.40. The Balaban J connectivity index is 1.63. The lowest BCUT2D eigenvalue weighted by molar-refractivity contribution is 0.0122. The fourth-order valence-corrected chi connectivity index (χ4v) is 4.35. The monoisotopic (exact) mass is 250 g/mol. The van der Waals surface area contributed by atoms with Crippen LogP contribution >= 0.6 is 11.3 Å². The number of aromatic nitrogens is 1. The Labute approximate surface area is 106 Å². The SMILES string of the molecule is C1Cc2nc(C3CN4CCN3CC4)sc2CN1. The Hall–Kier alpha value is -0.490. The van der Waals surface area contributed by atoms with Crippen molar-refractivity contribution in [2.45, 2.75) is 19.0 Å². The van der Waals surface area contributed by atoms with Gasteiger partial charge in [-0.3, -0.25) is 9.80 Å². The van der Waals surface area contributed by atoms with Gasteiger partial charge in [0.15, 0.2) is 0 Å². The van der Waals surface area contributed by atoms with Gasteiger partial charge in [0.25, 0.3) is 0 Å². The van der Waals surface area contributed by atoms with E-state index in [2.05, 4.69) is 15.1 Å². The van der Waals surface area contributed by atoms with Crippen LogP contribution in [-0.2, 0) is 13.0 Å². The third-order valence-corrected chi connectivity index (χ3v) is 5.38. The first kappa shape index (κ1) is 10.4. The topological polar surface area (TPSA) is 31.4 Å². The first-order valence-electron chi connectivity index (χ1n) is 6.56. The van der Waals surface area contributed by atoms with Gasteiger partial charge in [0.2, 0.25) is 0 Å². The summed E-state index contributed by atoms with van der Waals surface area (Å²) in [7, 11) is 0. The molecule has 5 rings (SSSR count). The molecular weight excluding hydrogens is 232 g/mol. The molecule has 4 aliphatic rings. The Bertz CT molecular complexity index is 399. The van der Waals surface area contributed by atoms with Gasteiger partial charge in [-0.15, -0.1) is 11.3 Å². The predicted octanol–water partition coefficient (Wildman–Crippen LogP) is 0.461. The van der Waals surface area contributed by atoms with Crippen LogP contribution < -0.4 is 5.32 Å². The quantitative estimate of drug-likeness (QED) is 0.785. The van der Waals surface area contributed by atoms with Gasteiger partial charge >= 0.3 is 0 Å². The molecule has 4 aliphatic heterocycles. The third-order valence-electron chi connectivity index (χ3n) is 4.18. The highest BCUT2D eigenvalue weighted by molar-refractivity contribution is 7.11. The summed E-state index contributed by atoms with van der Waals surface area (Å²) in [5, 5.41) is 4.80. The second-order valence-corrected chi connectivity index (χ2v) is 6.32. The molecule has 3 fully saturated rings.